The van der Waals surface area contributed by atoms with Gasteiger partial charge >= 0.3 is 19.3 Å². The fraction of sp³-hybridized carbons (Fsp3) is 0.562. The number of carbonyl (C=O) groups excluding carboxylic acids is 1. The van der Waals surface area contributed by atoms with E-state index in [0.29, 0.717) is 0 Å². The average Bonchev–Trinajstić information content (AvgIpc) is 2.66. The molecule has 1 fully saturated rings. The molecule has 24 heavy (non-hydrogen) atoms. The largest absolute Gasteiger partial charge is 0.494 e. The van der Waals surface area contributed by atoms with Crippen LogP contribution in [0.4, 0.5) is 13.2 Å². The molecule has 1 aromatic rings. The number of rotatable bonds is 3. The molecule has 0 amide bonds. The van der Waals surface area contributed by atoms with Crippen molar-refractivity contribution in [1.29, 1.82) is 0 Å². The molecule has 1 aliphatic rings. The van der Waals surface area contributed by atoms with E-state index in [9.17, 15) is 18.0 Å². The van der Waals surface area contributed by atoms with Gasteiger partial charge in [-0.1, -0.05) is 6.07 Å². The third-order valence-electron chi connectivity index (χ3n) is 4.37. The molecule has 1 aromatic carbocycles. The van der Waals surface area contributed by atoms with Crippen molar-refractivity contribution in [3.63, 3.8) is 0 Å². The van der Waals surface area contributed by atoms with Crippen LogP contribution in [0.15, 0.2) is 18.2 Å². The summed E-state index contributed by atoms with van der Waals surface area (Å²) >= 11 is 0. The van der Waals surface area contributed by atoms with Crippen LogP contribution in [0, 0.1) is 0 Å². The van der Waals surface area contributed by atoms with Crippen LogP contribution in [-0.4, -0.2) is 30.9 Å². The van der Waals surface area contributed by atoms with Gasteiger partial charge in [-0.05, 0) is 52.2 Å². The molecule has 4 nitrogen and oxygen atoms in total. The summed E-state index contributed by atoms with van der Waals surface area (Å²) in [5.41, 5.74) is -2.72. The van der Waals surface area contributed by atoms with Crippen molar-refractivity contribution >= 4 is 18.6 Å². The zero-order valence-corrected chi connectivity index (χ0v) is 14.3. The van der Waals surface area contributed by atoms with Crippen LogP contribution in [0.1, 0.15) is 50.5 Å². The summed E-state index contributed by atoms with van der Waals surface area (Å²) in [6.07, 6.45) is -4.69. The highest BCUT2D eigenvalue weighted by Gasteiger charge is 2.52. The Morgan fingerprint density at radius 2 is 1.71 bits per heavy atom. The van der Waals surface area contributed by atoms with E-state index in [1.54, 1.807) is 0 Å². The molecular formula is C16H20BF3O4. The molecule has 132 valence electrons. The Hall–Kier alpha value is -1.54. The third kappa shape index (κ3) is 3.44. The second kappa shape index (κ2) is 6.08. The molecule has 2 rings (SSSR count). The topological polar surface area (TPSA) is 44.8 Å². The summed E-state index contributed by atoms with van der Waals surface area (Å²) in [5.74, 6) is -1.01. The van der Waals surface area contributed by atoms with Crippen molar-refractivity contribution in [3.05, 3.63) is 29.3 Å². The highest BCUT2D eigenvalue weighted by atomic mass is 19.4. The third-order valence-corrected chi connectivity index (χ3v) is 4.37. The van der Waals surface area contributed by atoms with Gasteiger partial charge in [-0.15, -0.1) is 0 Å². The Morgan fingerprint density at radius 1 is 1.17 bits per heavy atom. The molecule has 1 saturated heterocycles. The summed E-state index contributed by atoms with van der Waals surface area (Å²) in [6, 6.07) is 3.37. The van der Waals surface area contributed by atoms with Gasteiger partial charge in [0.25, 0.3) is 0 Å². The van der Waals surface area contributed by atoms with E-state index in [-0.39, 0.29) is 12.1 Å². The highest BCUT2D eigenvalue weighted by molar-refractivity contribution is 6.62. The minimum absolute atomic E-state index is 0.00485. The lowest BCUT2D eigenvalue weighted by molar-refractivity contribution is -0.138. The van der Waals surface area contributed by atoms with Crippen LogP contribution in [0.3, 0.4) is 0 Å². The summed E-state index contributed by atoms with van der Waals surface area (Å²) in [6.45, 7) is 8.77. The Balaban J connectivity index is 2.43. The standard InChI is InChI=1S/C16H20BF3O4/c1-6-22-13(21)11-8-7-10(9-12(11)16(18,19)20)17-23-14(2,3)15(4,5)24-17/h7-9H,6H2,1-5H3. The van der Waals surface area contributed by atoms with E-state index in [2.05, 4.69) is 0 Å². The number of carbonyl (C=O) groups is 1. The van der Waals surface area contributed by atoms with E-state index in [0.717, 1.165) is 12.1 Å². The maximum absolute atomic E-state index is 13.3. The van der Waals surface area contributed by atoms with Crippen molar-refractivity contribution in [2.24, 2.45) is 0 Å². The first-order valence-electron chi connectivity index (χ1n) is 7.63. The van der Waals surface area contributed by atoms with Crippen LogP contribution in [0.2, 0.25) is 0 Å². The number of hydrogen-bond acceptors (Lipinski definition) is 4. The molecule has 8 heteroatoms. The molecule has 0 saturated carbocycles. The van der Waals surface area contributed by atoms with Gasteiger partial charge in [0.1, 0.15) is 0 Å². The first-order valence-corrected chi connectivity index (χ1v) is 7.63. The van der Waals surface area contributed by atoms with Gasteiger partial charge in [-0.2, -0.15) is 13.2 Å². The van der Waals surface area contributed by atoms with Gasteiger partial charge in [-0.25, -0.2) is 4.79 Å². The van der Waals surface area contributed by atoms with E-state index in [1.165, 1.54) is 13.0 Å². The Morgan fingerprint density at radius 3 is 2.17 bits per heavy atom. The first-order chi connectivity index (χ1) is 10.9. The Kier molecular flexibility index (Phi) is 4.76. The number of esters is 1. The summed E-state index contributed by atoms with van der Waals surface area (Å²) in [4.78, 5) is 11.8. The van der Waals surface area contributed by atoms with Crippen LogP contribution >= 0.6 is 0 Å². The molecule has 0 aliphatic carbocycles. The SMILES string of the molecule is CCOC(=O)c1ccc(B2OC(C)(C)C(C)(C)O2)cc1C(F)(F)F. The Bertz CT molecular complexity index is 625. The quantitative estimate of drug-likeness (QED) is 0.624. The molecule has 1 aliphatic heterocycles. The van der Waals surface area contributed by atoms with Crippen molar-refractivity contribution in [2.75, 3.05) is 6.61 Å². The zero-order valence-electron chi connectivity index (χ0n) is 14.3. The van der Waals surface area contributed by atoms with Crippen LogP contribution in [0.5, 0.6) is 0 Å². The molecule has 0 unspecified atom stereocenters. The fourth-order valence-corrected chi connectivity index (χ4v) is 2.31. The zero-order chi connectivity index (χ0) is 18.3. The number of ether oxygens (including phenoxy) is 1. The van der Waals surface area contributed by atoms with Gasteiger partial charge in [0.15, 0.2) is 0 Å². The van der Waals surface area contributed by atoms with Gasteiger partial charge < -0.3 is 14.0 Å². The van der Waals surface area contributed by atoms with Crippen LogP contribution < -0.4 is 5.46 Å². The molecule has 1 heterocycles. The highest BCUT2D eigenvalue weighted by Crippen LogP contribution is 2.37. The lowest BCUT2D eigenvalue weighted by Crippen LogP contribution is -2.41. The summed E-state index contributed by atoms with van der Waals surface area (Å²) in [5, 5.41) is 0. The normalized spacial score (nSPS) is 19.4. The Labute approximate surface area is 139 Å². The minimum atomic E-state index is -4.69. The molecule has 0 aromatic heterocycles. The minimum Gasteiger partial charge on any atom is -0.462 e. The molecule has 0 bridgehead atoms. The molecule has 0 radical (unpaired) electrons. The van der Waals surface area contributed by atoms with Crippen molar-refractivity contribution < 1.29 is 32.0 Å². The predicted octanol–water partition coefficient (Wildman–Crippen LogP) is 3.18. The lowest BCUT2D eigenvalue weighted by atomic mass is 9.77. The number of hydrogen-bond donors (Lipinski definition) is 0. The monoisotopic (exact) mass is 344 g/mol. The van der Waals surface area contributed by atoms with Crippen molar-refractivity contribution in [1.82, 2.24) is 0 Å². The van der Waals surface area contributed by atoms with Crippen LogP contribution in [-0.2, 0) is 20.2 Å². The second-order valence-corrected chi connectivity index (χ2v) is 6.61. The van der Waals surface area contributed by atoms with E-state index >= 15 is 0 Å². The number of halogens is 3. The summed E-state index contributed by atoms with van der Waals surface area (Å²) in [7, 11) is -0.938. The van der Waals surface area contributed by atoms with Crippen LogP contribution in [0.25, 0.3) is 0 Å². The molecule has 0 atom stereocenters. The number of alkyl halides is 3. The average molecular weight is 344 g/mol. The van der Waals surface area contributed by atoms with Crippen molar-refractivity contribution in [3.8, 4) is 0 Å². The fourth-order valence-electron chi connectivity index (χ4n) is 2.31. The molecule has 0 spiro atoms. The van der Waals surface area contributed by atoms with Crippen molar-refractivity contribution in [2.45, 2.75) is 52.0 Å². The van der Waals surface area contributed by atoms with E-state index in [1.807, 2.05) is 27.7 Å². The lowest BCUT2D eigenvalue weighted by Gasteiger charge is -2.32. The summed E-state index contributed by atoms with van der Waals surface area (Å²) < 4.78 is 56.2. The second-order valence-electron chi connectivity index (χ2n) is 6.61. The maximum atomic E-state index is 13.3. The van der Waals surface area contributed by atoms with E-state index < -0.39 is 41.6 Å². The number of benzene rings is 1. The molecule has 0 N–H and O–H groups in total. The van der Waals surface area contributed by atoms with Gasteiger partial charge in [0.05, 0.1) is 28.9 Å². The van der Waals surface area contributed by atoms with Gasteiger partial charge in [0.2, 0.25) is 0 Å². The predicted molar refractivity (Wildman–Crippen MR) is 83.1 cm³/mol. The maximum Gasteiger partial charge on any atom is 0.494 e. The molecular weight excluding hydrogens is 324 g/mol. The smallest absolute Gasteiger partial charge is 0.462 e. The first kappa shape index (κ1) is 18.8. The van der Waals surface area contributed by atoms with E-state index in [4.69, 9.17) is 14.0 Å². The van der Waals surface area contributed by atoms with Gasteiger partial charge in [-0.3, -0.25) is 0 Å². The van der Waals surface area contributed by atoms with Gasteiger partial charge in [0, 0.05) is 0 Å².